The highest BCUT2D eigenvalue weighted by Crippen LogP contribution is 2.01. The Kier molecular flexibility index (Phi) is 3.77. The topological polar surface area (TPSA) is 17.0 Å². The van der Waals surface area contributed by atoms with Crippen molar-refractivity contribution in [1.29, 1.82) is 0 Å². The zero-order valence-corrected chi connectivity index (χ0v) is 8.46. The fourth-order valence-corrected chi connectivity index (χ4v) is 1.27. The molecule has 0 radical (unpaired) electrons. The summed E-state index contributed by atoms with van der Waals surface area (Å²) in [5.74, 6) is 0. The van der Waals surface area contributed by atoms with Gasteiger partial charge in [0.1, 0.15) is 0 Å². The number of aryl methyl sites for hydroxylation is 1. The second kappa shape index (κ2) is 4.87. The van der Waals surface area contributed by atoms with Crippen molar-refractivity contribution in [2.24, 2.45) is 0 Å². The van der Waals surface area contributed by atoms with E-state index in [0.717, 1.165) is 13.1 Å². The van der Waals surface area contributed by atoms with Gasteiger partial charge in [-0.1, -0.05) is 6.08 Å². The lowest BCUT2D eigenvalue weighted by atomic mass is 10.3. The largest absolute Gasteiger partial charge is 0.351 e. The predicted octanol–water partition coefficient (Wildman–Crippen LogP) is 2.17. The maximum Gasteiger partial charge on any atom is 0.0364 e. The Balaban J connectivity index is 2.48. The van der Waals surface area contributed by atoms with Crippen LogP contribution in [0.3, 0.4) is 0 Å². The van der Waals surface area contributed by atoms with Crippen LogP contribution < -0.4 is 5.32 Å². The quantitative estimate of drug-likeness (QED) is 0.684. The molecule has 0 fully saturated rings. The number of hydrogen-bond donors (Lipinski definition) is 1. The third-order valence-corrected chi connectivity index (χ3v) is 2.22. The van der Waals surface area contributed by atoms with Crippen LogP contribution in [0.25, 0.3) is 0 Å². The van der Waals surface area contributed by atoms with Crippen LogP contribution in [0, 0.1) is 0 Å². The summed E-state index contributed by atoms with van der Waals surface area (Å²) in [7, 11) is 0. The molecule has 13 heavy (non-hydrogen) atoms. The van der Waals surface area contributed by atoms with Crippen molar-refractivity contribution < 1.29 is 0 Å². The van der Waals surface area contributed by atoms with E-state index < -0.39 is 0 Å². The molecule has 0 spiro atoms. The molecule has 1 atom stereocenters. The Bertz CT molecular complexity index is 263. The van der Waals surface area contributed by atoms with E-state index >= 15 is 0 Å². The van der Waals surface area contributed by atoms with Crippen LogP contribution in [0.1, 0.15) is 19.5 Å². The zero-order valence-electron chi connectivity index (χ0n) is 8.46. The summed E-state index contributed by atoms with van der Waals surface area (Å²) in [6.07, 6.45) is 4.02. The molecule has 1 aromatic heterocycles. The Hall–Kier alpha value is -1.02. The van der Waals surface area contributed by atoms with Gasteiger partial charge < -0.3 is 9.88 Å². The molecule has 0 aliphatic carbocycles. The van der Waals surface area contributed by atoms with E-state index in [4.69, 9.17) is 0 Å². The lowest BCUT2D eigenvalue weighted by Crippen LogP contribution is -2.24. The zero-order chi connectivity index (χ0) is 9.68. The van der Waals surface area contributed by atoms with Gasteiger partial charge in [-0.2, -0.15) is 0 Å². The van der Waals surface area contributed by atoms with E-state index in [9.17, 15) is 0 Å². The van der Waals surface area contributed by atoms with Crippen LogP contribution >= 0.6 is 0 Å². The number of hydrogen-bond acceptors (Lipinski definition) is 1. The van der Waals surface area contributed by atoms with Gasteiger partial charge in [0, 0.05) is 31.0 Å². The van der Waals surface area contributed by atoms with Gasteiger partial charge in [0.05, 0.1) is 0 Å². The molecule has 1 N–H and O–H groups in total. The smallest absolute Gasteiger partial charge is 0.0364 e. The Labute approximate surface area is 80.3 Å². The Morgan fingerprint density at radius 2 is 2.46 bits per heavy atom. The van der Waals surface area contributed by atoms with Gasteiger partial charge in [0.25, 0.3) is 0 Å². The minimum absolute atomic E-state index is 0.375. The summed E-state index contributed by atoms with van der Waals surface area (Å²) in [4.78, 5) is 0. The molecule has 1 rings (SSSR count). The minimum Gasteiger partial charge on any atom is -0.351 e. The van der Waals surface area contributed by atoms with E-state index in [1.54, 1.807) is 0 Å². The first kappa shape index (κ1) is 10.1. The van der Waals surface area contributed by atoms with Gasteiger partial charge in [0.15, 0.2) is 0 Å². The first-order chi connectivity index (χ1) is 6.27. The van der Waals surface area contributed by atoms with Crippen LogP contribution in [0.2, 0.25) is 0 Å². The van der Waals surface area contributed by atoms with E-state index in [0.29, 0.717) is 6.04 Å². The van der Waals surface area contributed by atoms with Crippen LogP contribution in [0.5, 0.6) is 0 Å². The van der Waals surface area contributed by atoms with Gasteiger partial charge >= 0.3 is 0 Å². The number of nitrogens with one attached hydrogen (secondary N) is 1. The fourth-order valence-electron chi connectivity index (χ4n) is 1.27. The summed E-state index contributed by atoms with van der Waals surface area (Å²) < 4.78 is 2.24. The lowest BCUT2D eigenvalue weighted by molar-refractivity contribution is 0.594. The summed E-state index contributed by atoms with van der Waals surface area (Å²) in [6.45, 7) is 9.94. The molecule has 0 aliphatic heterocycles. The predicted molar refractivity (Wildman–Crippen MR) is 56.6 cm³/mol. The molecule has 0 saturated carbocycles. The van der Waals surface area contributed by atoms with E-state index in [1.807, 2.05) is 6.08 Å². The van der Waals surface area contributed by atoms with E-state index in [2.05, 4.69) is 48.6 Å². The lowest BCUT2D eigenvalue weighted by Gasteiger charge is -2.10. The van der Waals surface area contributed by atoms with E-state index in [-0.39, 0.29) is 0 Å². The fraction of sp³-hybridized carbons (Fsp3) is 0.455. The van der Waals surface area contributed by atoms with Gasteiger partial charge in [0.2, 0.25) is 0 Å². The molecule has 0 amide bonds. The molecule has 0 aliphatic rings. The van der Waals surface area contributed by atoms with Gasteiger partial charge in [-0.05, 0) is 26.0 Å². The van der Waals surface area contributed by atoms with Crippen molar-refractivity contribution in [3.05, 3.63) is 36.7 Å². The molecule has 1 unspecified atom stereocenters. The number of rotatable bonds is 5. The maximum atomic E-state index is 3.73. The molecule has 0 bridgehead atoms. The third kappa shape index (κ3) is 2.74. The van der Waals surface area contributed by atoms with Crippen molar-refractivity contribution in [3.8, 4) is 0 Å². The molecule has 0 aromatic carbocycles. The summed E-state index contributed by atoms with van der Waals surface area (Å²) >= 11 is 0. The van der Waals surface area contributed by atoms with Crippen molar-refractivity contribution in [2.45, 2.75) is 33.0 Å². The first-order valence-electron chi connectivity index (χ1n) is 4.78. The second-order valence-electron chi connectivity index (χ2n) is 3.19. The van der Waals surface area contributed by atoms with Gasteiger partial charge in [-0.3, -0.25) is 0 Å². The first-order valence-corrected chi connectivity index (χ1v) is 4.78. The number of nitrogens with zero attached hydrogens (tertiary/aromatic N) is 1. The monoisotopic (exact) mass is 178 g/mol. The molecular weight excluding hydrogens is 160 g/mol. The second-order valence-corrected chi connectivity index (χ2v) is 3.19. The maximum absolute atomic E-state index is 3.73. The minimum atomic E-state index is 0.375. The highest BCUT2D eigenvalue weighted by molar-refractivity contribution is 5.07. The Morgan fingerprint density at radius 1 is 1.69 bits per heavy atom. The average Bonchev–Trinajstić information content (AvgIpc) is 2.61. The number of aromatic nitrogens is 1. The van der Waals surface area contributed by atoms with Crippen LogP contribution in [-0.2, 0) is 13.1 Å². The molecule has 2 nitrogen and oxygen atoms in total. The highest BCUT2D eigenvalue weighted by atomic mass is 15.0. The van der Waals surface area contributed by atoms with Crippen molar-refractivity contribution in [2.75, 3.05) is 0 Å². The molecule has 0 saturated heterocycles. The standard InChI is InChI=1S/C11H18N2/c1-4-10(3)12-9-11-7-6-8-13(11)5-2/h4,6-8,10,12H,1,5,9H2,2-3H3. The molecule has 1 aromatic rings. The Morgan fingerprint density at radius 3 is 3.08 bits per heavy atom. The SMILES string of the molecule is C=CC(C)NCc1cccn1CC. The summed E-state index contributed by atoms with van der Waals surface area (Å²) in [6, 6.07) is 4.60. The van der Waals surface area contributed by atoms with Crippen LogP contribution in [-0.4, -0.2) is 10.6 Å². The van der Waals surface area contributed by atoms with Gasteiger partial charge in [-0.25, -0.2) is 0 Å². The third-order valence-electron chi connectivity index (χ3n) is 2.22. The average molecular weight is 178 g/mol. The summed E-state index contributed by atoms with van der Waals surface area (Å²) in [5, 5.41) is 3.37. The summed E-state index contributed by atoms with van der Waals surface area (Å²) in [5.41, 5.74) is 1.33. The van der Waals surface area contributed by atoms with Crippen molar-refractivity contribution in [1.82, 2.24) is 9.88 Å². The van der Waals surface area contributed by atoms with Gasteiger partial charge in [-0.15, -0.1) is 6.58 Å². The molecule has 2 heteroatoms. The molecule has 72 valence electrons. The highest BCUT2D eigenvalue weighted by Gasteiger charge is 1.99. The normalized spacial score (nSPS) is 12.8. The van der Waals surface area contributed by atoms with Crippen molar-refractivity contribution >= 4 is 0 Å². The molecular formula is C11H18N2. The van der Waals surface area contributed by atoms with Crippen LogP contribution in [0.15, 0.2) is 31.0 Å². The van der Waals surface area contributed by atoms with E-state index in [1.165, 1.54) is 5.69 Å². The van der Waals surface area contributed by atoms with Crippen molar-refractivity contribution in [3.63, 3.8) is 0 Å². The molecule has 1 heterocycles. The van der Waals surface area contributed by atoms with Crippen LogP contribution in [0.4, 0.5) is 0 Å².